The topological polar surface area (TPSA) is 99.8 Å². The minimum atomic E-state index is -0.789. The first-order chi connectivity index (χ1) is 8.75. The van der Waals surface area contributed by atoms with Gasteiger partial charge >= 0.3 is 11.8 Å². The van der Waals surface area contributed by atoms with Gasteiger partial charge in [0.1, 0.15) is 6.33 Å². The average molecular weight is 245 g/mol. The number of nitrogens with one attached hydrogen (secondary N) is 3. The van der Waals surface area contributed by atoms with Gasteiger partial charge in [-0.15, -0.1) is 0 Å². The monoisotopic (exact) mass is 245 g/mol. The predicted octanol–water partition coefficient (Wildman–Crippen LogP) is 0.0596. The van der Waals surface area contributed by atoms with Gasteiger partial charge in [0.25, 0.3) is 0 Å². The van der Waals surface area contributed by atoms with Crippen LogP contribution in [0.5, 0.6) is 0 Å². The van der Waals surface area contributed by atoms with Crippen molar-refractivity contribution < 1.29 is 9.59 Å². The first-order valence-corrected chi connectivity index (χ1v) is 5.24. The van der Waals surface area contributed by atoms with Crippen molar-refractivity contribution in [3.8, 4) is 0 Å². The Morgan fingerprint density at radius 1 is 1.17 bits per heavy atom. The van der Waals surface area contributed by atoms with E-state index in [0.29, 0.717) is 6.54 Å². The summed E-state index contributed by atoms with van der Waals surface area (Å²) >= 11 is 0. The van der Waals surface area contributed by atoms with Crippen LogP contribution in [-0.4, -0.2) is 27.0 Å². The van der Waals surface area contributed by atoms with Crippen LogP contribution in [0.2, 0.25) is 0 Å². The molecule has 0 aliphatic heterocycles. The second-order valence-electron chi connectivity index (χ2n) is 3.46. The summed E-state index contributed by atoms with van der Waals surface area (Å²) in [6, 6.07) is 9.30. The molecule has 18 heavy (non-hydrogen) atoms. The fourth-order valence-electron chi connectivity index (χ4n) is 1.29. The first-order valence-electron chi connectivity index (χ1n) is 5.24. The van der Waals surface area contributed by atoms with Gasteiger partial charge in [0.15, 0.2) is 0 Å². The summed E-state index contributed by atoms with van der Waals surface area (Å²) in [5.74, 6) is -1.38. The summed E-state index contributed by atoms with van der Waals surface area (Å²) in [6.45, 7) is 0.295. The smallest absolute Gasteiger partial charge is 0.316 e. The van der Waals surface area contributed by atoms with Crippen LogP contribution in [-0.2, 0) is 16.1 Å². The Balaban J connectivity index is 1.83. The Kier molecular flexibility index (Phi) is 3.65. The molecule has 92 valence electrons. The Bertz CT molecular complexity index is 524. The zero-order chi connectivity index (χ0) is 12.8. The highest BCUT2D eigenvalue weighted by Gasteiger charge is 2.14. The predicted molar refractivity (Wildman–Crippen MR) is 63.3 cm³/mol. The van der Waals surface area contributed by atoms with Crippen molar-refractivity contribution in [2.75, 3.05) is 5.32 Å². The van der Waals surface area contributed by atoms with E-state index in [1.54, 1.807) is 0 Å². The maximum Gasteiger partial charge on any atom is 0.316 e. The summed E-state index contributed by atoms with van der Waals surface area (Å²) in [7, 11) is 0. The molecule has 1 aromatic heterocycles. The van der Waals surface area contributed by atoms with Crippen molar-refractivity contribution in [3.63, 3.8) is 0 Å². The number of amides is 2. The van der Waals surface area contributed by atoms with Gasteiger partial charge in [0.05, 0.1) is 0 Å². The molecule has 0 spiro atoms. The zero-order valence-electron chi connectivity index (χ0n) is 9.38. The summed E-state index contributed by atoms with van der Waals surface area (Å²) in [5, 5.41) is 10.7. The molecule has 0 atom stereocenters. The van der Waals surface area contributed by atoms with Crippen LogP contribution >= 0.6 is 0 Å². The molecule has 7 nitrogen and oxygen atoms in total. The molecule has 2 amide bonds. The van der Waals surface area contributed by atoms with Gasteiger partial charge < -0.3 is 5.32 Å². The molecule has 1 heterocycles. The molecule has 7 heteroatoms. The van der Waals surface area contributed by atoms with Gasteiger partial charge in [-0.2, -0.15) is 10.1 Å². The lowest BCUT2D eigenvalue weighted by atomic mass is 10.2. The second kappa shape index (κ2) is 5.58. The van der Waals surface area contributed by atoms with Crippen LogP contribution in [0.4, 0.5) is 5.95 Å². The summed E-state index contributed by atoms with van der Waals surface area (Å²) in [5.41, 5.74) is 0.915. The van der Waals surface area contributed by atoms with Crippen LogP contribution in [0, 0.1) is 0 Å². The van der Waals surface area contributed by atoms with Crippen molar-refractivity contribution >= 4 is 17.8 Å². The van der Waals surface area contributed by atoms with E-state index in [0.717, 1.165) is 5.56 Å². The number of aromatic amines is 1. The maximum absolute atomic E-state index is 11.5. The summed E-state index contributed by atoms with van der Waals surface area (Å²) in [4.78, 5) is 26.6. The molecular formula is C11H11N5O2. The molecule has 0 bridgehead atoms. The zero-order valence-corrected chi connectivity index (χ0v) is 9.38. The third-order valence-electron chi connectivity index (χ3n) is 2.15. The molecule has 0 aliphatic rings. The van der Waals surface area contributed by atoms with E-state index in [9.17, 15) is 9.59 Å². The molecule has 0 radical (unpaired) electrons. The van der Waals surface area contributed by atoms with Crippen LogP contribution in [0.25, 0.3) is 0 Å². The fraction of sp³-hybridized carbons (Fsp3) is 0.0909. The number of H-pyrrole nitrogens is 1. The first kappa shape index (κ1) is 11.8. The Hall–Kier alpha value is -2.70. The second-order valence-corrected chi connectivity index (χ2v) is 3.46. The highest BCUT2D eigenvalue weighted by atomic mass is 16.2. The van der Waals surface area contributed by atoms with Gasteiger partial charge in [-0.05, 0) is 5.56 Å². The van der Waals surface area contributed by atoms with Crippen LogP contribution < -0.4 is 10.6 Å². The number of benzene rings is 1. The molecular weight excluding hydrogens is 234 g/mol. The quantitative estimate of drug-likeness (QED) is 0.666. The lowest BCUT2D eigenvalue weighted by Crippen LogP contribution is -2.35. The number of hydrogen-bond acceptors (Lipinski definition) is 4. The standard InChI is InChI=1S/C11H11N5O2/c17-9(10(18)15-11-13-7-14-16-11)12-6-8-4-2-1-3-5-8/h1-5,7H,6H2,(H,12,17)(H2,13,14,15,16,18). The number of rotatable bonds is 3. The van der Waals surface area contributed by atoms with Gasteiger partial charge in [-0.3, -0.25) is 14.9 Å². The molecule has 0 fully saturated rings. The van der Waals surface area contributed by atoms with E-state index in [1.165, 1.54) is 6.33 Å². The number of anilines is 1. The summed E-state index contributed by atoms with van der Waals surface area (Å²) in [6.07, 6.45) is 1.23. The molecule has 3 N–H and O–H groups in total. The lowest BCUT2D eigenvalue weighted by molar-refractivity contribution is -0.136. The average Bonchev–Trinajstić information content (AvgIpc) is 2.90. The molecule has 0 saturated carbocycles. The molecule has 2 aromatic rings. The SMILES string of the molecule is O=C(NCc1ccccc1)C(=O)Nc1ncn[nH]1. The molecule has 0 aliphatic carbocycles. The summed E-state index contributed by atoms with van der Waals surface area (Å²) < 4.78 is 0. The minimum absolute atomic E-state index is 0.134. The number of nitrogens with zero attached hydrogens (tertiary/aromatic N) is 2. The van der Waals surface area contributed by atoms with E-state index < -0.39 is 11.8 Å². The Morgan fingerprint density at radius 3 is 2.61 bits per heavy atom. The van der Waals surface area contributed by atoms with Crippen molar-refractivity contribution in [2.45, 2.75) is 6.54 Å². The van der Waals surface area contributed by atoms with Gasteiger partial charge in [-0.25, -0.2) is 5.10 Å². The van der Waals surface area contributed by atoms with Gasteiger partial charge in [0, 0.05) is 6.54 Å². The van der Waals surface area contributed by atoms with Crippen molar-refractivity contribution in [3.05, 3.63) is 42.2 Å². The van der Waals surface area contributed by atoms with Crippen molar-refractivity contribution in [1.82, 2.24) is 20.5 Å². The lowest BCUT2D eigenvalue weighted by Gasteiger charge is -2.04. The number of carbonyl (C=O) groups is 2. The number of hydrogen-bond donors (Lipinski definition) is 3. The van der Waals surface area contributed by atoms with Crippen LogP contribution in [0.15, 0.2) is 36.7 Å². The molecule has 0 unspecified atom stereocenters. The van der Waals surface area contributed by atoms with E-state index in [4.69, 9.17) is 0 Å². The number of carbonyl (C=O) groups excluding carboxylic acids is 2. The Morgan fingerprint density at radius 2 is 1.94 bits per heavy atom. The molecule has 0 saturated heterocycles. The van der Waals surface area contributed by atoms with Crippen molar-refractivity contribution in [1.29, 1.82) is 0 Å². The van der Waals surface area contributed by atoms with E-state index in [1.807, 2.05) is 30.3 Å². The maximum atomic E-state index is 11.5. The van der Waals surface area contributed by atoms with E-state index in [-0.39, 0.29) is 5.95 Å². The van der Waals surface area contributed by atoms with E-state index >= 15 is 0 Å². The number of aromatic nitrogens is 3. The highest BCUT2D eigenvalue weighted by Crippen LogP contribution is 1.97. The Labute approximate surface area is 103 Å². The van der Waals surface area contributed by atoms with Gasteiger partial charge in [0.2, 0.25) is 5.95 Å². The fourth-order valence-corrected chi connectivity index (χ4v) is 1.29. The van der Waals surface area contributed by atoms with Crippen LogP contribution in [0.3, 0.4) is 0 Å². The largest absolute Gasteiger partial charge is 0.344 e. The highest BCUT2D eigenvalue weighted by molar-refractivity contribution is 6.39. The van der Waals surface area contributed by atoms with E-state index in [2.05, 4.69) is 25.8 Å². The van der Waals surface area contributed by atoms with Crippen LogP contribution in [0.1, 0.15) is 5.56 Å². The molecule has 1 aromatic carbocycles. The third kappa shape index (κ3) is 3.14. The molecule has 2 rings (SSSR count). The normalized spacial score (nSPS) is 9.78. The minimum Gasteiger partial charge on any atom is -0.344 e. The third-order valence-corrected chi connectivity index (χ3v) is 2.15. The van der Waals surface area contributed by atoms with Gasteiger partial charge in [-0.1, -0.05) is 30.3 Å². The van der Waals surface area contributed by atoms with Crippen molar-refractivity contribution in [2.24, 2.45) is 0 Å².